The molecule has 1 atom stereocenters. The number of aliphatic carboxylic acids is 1. The lowest BCUT2D eigenvalue weighted by Crippen LogP contribution is -2.40. The molecule has 1 fully saturated rings. The molecule has 1 aliphatic rings. The van der Waals surface area contributed by atoms with Crippen LogP contribution in [0.15, 0.2) is 0 Å². The maximum absolute atomic E-state index is 10.8. The number of rotatable bonds is 3. The number of nitrogens with one attached hydrogen (secondary N) is 1. The van der Waals surface area contributed by atoms with E-state index in [1.165, 1.54) is 0 Å². The van der Waals surface area contributed by atoms with Crippen molar-refractivity contribution < 1.29 is 14.6 Å². The van der Waals surface area contributed by atoms with Crippen LogP contribution in [0.1, 0.15) is 6.42 Å². The predicted molar refractivity (Wildman–Crippen MR) is 39.4 cm³/mol. The van der Waals surface area contributed by atoms with Gasteiger partial charge in [0.2, 0.25) is 0 Å². The van der Waals surface area contributed by atoms with Crippen molar-refractivity contribution >= 4 is 5.97 Å². The van der Waals surface area contributed by atoms with Gasteiger partial charge in [-0.25, -0.2) is 0 Å². The van der Waals surface area contributed by atoms with E-state index in [0.717, 1.165) is 0 Å². The van der Waals surface area contributed by atoms with Crippen molar-refractivity contribution in [1.29, 1.82) is 0 Å². The lowest BCUT2D eigenvalue weighted by molar-refractivity contribution is -0.148. The molecule has 0 spiro atoms. The summed E-state index contributed by atoms with van der Waals surface area (Å²) in [7, 11) is 1.75. The summed E-state index contributed by atoms with van der Waals surface area (Å²) in [4.78, 5) is 10.8. The van der Waals surface area contributed by atoms with Crippen molar-refractivity contribution in [3.8, 4) is 0 Å². The van der Waals surface area contributed by atoms with Crippen molar-refractivity contribution in [3.63, 3.8) is 0 Å². The number of hydrogen-bond donors (Lipinski definition) is 2. The monoisotopic (exact) mass is 159 g/mol. The van der Waals surface area contributed by atoms with Crippen LogP contribution in [0.5, 0.6) is 0 Å². The van der Waals surface area contributed by atoms with Gasteiger partial charge in [0.15, 0.2) is 0 Å². The fourth-order valence-electron chi connectivity index (χ4n) is 1.33. The molecule has 1 rings (SSSR count). The fraction of sp³-hybridized carbons (Fsp3) is 0.857. The van der Waals surface area contributed by atoms with Gasteiger partial charge in [-0.15, -0.1) is 0 Å². The number of carboxylic acid groups (broad SMARTS) is 1. The minimum absolute atomic E-state index is 0.336. The summed E-state index contributed by atoms with van der Waals surface area (Å²) in [5.41, 5.74) is -0.672. The zero-order chi connectivity index (χ0) is 8.32. The maximum atomic E-state index is 10.8. The molecule has 0 aromatic rings. The van der Waals surface area contributed by atoms with E-state index in [0.29, 0.717) is 26.2 Å². The zero-order valence-corrected chi connectivity index (χ0v) is 6.59. The molecule has 0 saturated carbocycles. The van der Waals surface area contributed by atoms with Crippen LogP contribution in [0.25, 0.3) is 0 Å². The van der Waals surface area contributed by atoms with Gasteiger partial charge >= 0.3 is 5.97 Å². The van der Waals surface area contributed by atoms with E-state index in [-0.39, 0.29) is 0 Å². The molecule has 0 aliphatic carbocycles. The number of ether oxygens (including phenoxy) is 1. The Morgan fingerprint density at radius 1 is 1.82 bits per heavy atom. The van der Waals surface area contributed by atoms with Crippen LogP contribution in [0.4, 0.5) is 0 Å². The van der Waals surface area contributed by atoms with Crippen molar-refractivity contribution in [2.45, 2.75) is 6.42 Å². The fourth-order valence-corrected chi connectivity index (χ4v) is 1.33. The molecule has 11 heavy (non-hydrogen) atoms. The highest BCUT2D eigenvalue weighted by Gasteiger charge is 2.41. The first-order valence-electron chi connectivity index (χ1n) is 3.67. The number of carbonyl (C=O) groups is 1. The van der Waals surface area contributed by atoms with Crippen molar-refractivity contribution in [1.82, 2.24) is 5.32 Å². The van der Waals surface area contributed by atoms with Gasteiger partial charge in [0.1, 0.15) is 5.41 Å². The molecule has 0 aromatic carbocycles. The predicted octanol–water partition coefficient (Wildman–Crippen LogP) is -0.303. The molecule has 2 N–H and O–H groups in total. The summed E-state index contributed by atoms with van der Waals surface area (Å²) in [5.74, 6) is -0.760. The van der Waals surface area contributed by atoms with Crippen LogP contribution in [0.2, 0.25) is 0 Å². The first-order valence-corrected chi connectivity index (χ1v) is 3.67. The van der Waals surface area contributed by atoms with E-state index in [4.69, 9.17) is 9.84 Å². The van der Waals surface area contributed by atoms with Gasteiger partial charge in [0.25, 0.3) is 0 Å². The van der Waals surface area contributed by atoms with Gasteiger partial charge in [-0.1, -0.05) is 0 Å². The van der Waals surface area contributed by atoms with E-state index in [1.54, 1.807) is 7.05 Å². The van der Waals surface area contributed by atoms with Crippen LogP contribution < -0.4 is 5.32 Å². The van der Waals surface area contributed by atoms with Crippen LogP contribution in [-0.4, -0.2) is 37.9 Å². The Labute approximate surface area is 65.5 Å². The highest BCUT2D eigenvalue weighted by Crippen LogP contribution is 2.27. The first kappa shape index (κ1) is 8.49. The molecular formula is C7H13NO3. The summed E-state index contributed by atoms with van der Waals surface area (Å²) in [6.45, 7) is 1.39. The molecule has 1 saturated heterocycles. The third kappa shape index (κ3) is 1.52. The molecule has 0 radical (unpaired) electrons. The quantitative estimate of drug-likeness (QED) is 0.593. The maximum Gasteiger partial charge on any atom is 0.313 e. The average molecular weight is 159 g/mol. The second-order valence-electron chi connectivity index (χ2n) is 2.92. The number of hydrogen-bond acceptors (Lipinski definition) is 3. The summed E-state index contributed by atoms with van der Waals surface area (Å²) >= 11 is 0. The van der Waals surface area contributed by atoms with E-state index in [2.05, 4.69) is 5.32 Å². The van der Waals surface area contributed by atoms with E-state index in [1.807, 2.05) is 0 Å². The van der Waals surface area contributed by atoms with Crippen LogP contribution in [0.3, 0.4) is 0 Å². The molecule has 4 nitrogen and oxygen atoms in total. The van der Waals surface area contributed by atoms with Gasteiger partial charge in [-0.3, -0.25) is 4.79 Å². The molecule has 0 bridgehead atoms. The smallest absolute Gasteiger partial charge is 0.313 e. The Hall–Kier alpha value is -0.610. The molecule has 1 heterocycles. The molecule has 64 valence electrons. The average Bonchev–Trinajstić information content (AvgIpc) is 2.38. The van der Waals surface area contributed by atoms with Gasteiger partial charge in [-0.2, -0.15) is 0 Å². The first-order chi connectivity index (χ1) is 5.21. The van der Waals surface area contributed by atoms with E-state index < -0.39 is 11.4 Å². The van der Waals surface area contributed by atoms with Crippen LogP contribution in [-0.2, 0) is 9.53 Å². The Kier molecular flexibility index (Phi) is 2.46. The van der Waals surface area contributed by atoms with Gasteiger partial charge in [0, 0.05) is 13.2 Å². The van der Waals surface area contributed by atoms with Crippen molar-refractivity contribution in [3.05, 3.63) is 0 Å². The SMILES string of the molecule is CNCC1(C(=O)O)CCOC1. The van der Waals surface area contributed by atoms with Gasteiger partial charge < -0.3 is 15.2 Å². The van der Waals surface area contributed by atoms with E-state index >= 15 is 0 Å². The third-order valence-corrected chi connectivity index (χ3v) is 2.07. The second kappa shape index (κ2) is 3.19. The minimum atomic E-state index is -0.760. The van der Waals surface area contributed by atoms with Crippen molar-refractivity contribution in [2.24, 2.45) is 5.41 Å². The summed E-state index contributed by atoms with van der Waals surface area (Å²) < 4.78 is 5.05. The Bertz CT molecular complexity index is 152. The second-order valence-corrected chi connectivity index (χ2v) is 2.92. The number of carboxylic acids is 1. The van der Waals surface area contributed by atoms with E-state index in [9.17, 15) is 4.79 Å². The lowest BCUT2D eigenvalue weighted by atomic mass is 9.87. The molecule has 0 aromatic heterocycles. The molecule has 4 heteroatoms. The summed E-state index contributed by atoms with van der Waals surface area (Å²) in [6, 6.07) is 0. The van der Waals surface area contributed by atoms with Crippen molar-refractivity contribution in [2.75, 3.05) is 26.8 Å². The minimum Gasteiger partial charge on any atom is -0.481 e. The standard InChI is InChI=1S/C7H13NO3/c1-8-4-7(6(9)10)2-3-11-5-7/h8H,2-5H2,1H3,(H,9,10). The Morgan fingerprint density at radius 2 is 2.55 bits per heavy atom. The lowest BCUT2D eigenvalue weighted by Gasteiger charge is -2.20. The topological polar surface area (TPSA) is 58.6 Å². The highest BCUT2D eigenvalue weighted by molar-refractivity contribution is 5.75. The molecule has 0 amide bonds. The molecule has 1 aliphatic heterocycles. The summed E-state index contributed by atoms with van der Waals surface area (Å²) in [6.07, 6.45) is 0.614. The zero-order valence-electron chi connectivity index (χ0n) is 6.59. The molecule has 1 unspecified atom stereocenters. The largest absolute Gasteiger partial charge is 0.481 e. The normalized spacial score (nSPS) is 30.6. The third-order valence-electron chi connectivity index (χ3n) is 2.07. The van der Waals surface area contributed by atoms with Crippen LogP contribution >= 0.6 is 0 Å². The molecular weight excluding hydrogens is 146 g/mol. The Balaban J connectivity index is 2.62. The summed E-state index contributed by atoms with van der Waals surface area (Å²) in [5, 5.41) is 11.7. The van der Waals surface area contributed by atoms with Gasteiger partial charge in [0.05, 0.1) is 6.61 Å². The Morgan fingerprint density at radius 3 is 2.91 bits per heavy atom. The van der Waals surface area contributed by atoms with Gasteiger partial charge in [-0.05, 0) is 13.5 Å². The van der Waals surface area contributed by atoms with Crippen LogP contribution in [0, 0.1) is 5.41 Å². The highest BCUT2D eigenvalue weighted by atomic mass is 16.5.